The molecule has 0 aromatic heterocycles. The number of nitrogens with two attached hydrogens (primary N) is 1. The summed E-state index contributed by atoms with van der Waals surface area (Å²) in [5.41, 5.74) is 8.21. The SMILES string of the molecule is Cc1ccccc1C(C)NC(=O)CN(C)C(CN)C1CC1. The van der Waals surface area contributed by atoms with Crippen molar-refractivity contribution in [2.45, 2.75) is 38.8 Å². The lowest BCUT2D eigenvalue weighted by Gasteiger charge is -2.27. The molecule has 3 N–H and O–H groups in total. The monoisotopic (exact) mass is 289 g/mol. The van der Waals surface area contributed by atoms with E-state index in [-0.39, 0.29) is 11.9 Å². The van der Waals surface area contributed by atoms with E-state index in [9.17, 15) is 4.79 Å². The van der Waals surface area contributed by atoms with Crippen molar-refractivity contribution in [2.24, 2.45) is 11.7 Å². The van der Waals surface area contributed by atoms with Gasteiger partial charge in [-0.05, 0) is 50.8 Å². The molecular formula is C17H27N3O. The zero-order valence-electron chi connectivity index (χ0n) is 13.3. The van der Waals surface area contributed by atoms with E-state index in [2.05, 4.69) is 29.3 Å². The Bertz CT molecular complexity index is 485. The Morgan fingerprint density at radius 2 is 2.10 bits per heavy atom. The van der Waals surface area contributed by atoms with Gasteiger partial charge in [-0.15, -0.1) is 0 Å². The summed E-state index contributed by atoms with van der Waals surface area (Å²) < 4.78 is 0. The normalized spacial score (nSPS) is 17.6. The second-order valence-electron chi connectivity index (χ2n) is 6.20. The smallest absolute Gasteiger partial charge is 0.234 e. The largest absolute Gasteiger partial charge is 0.348 e. The van der Waals surface area contributed by atoms with Crippen molar-refractivity contribution in [3.05, 3.63) is 35.4 Å². The van der Waals surface area contributed by atoms with Crippen LogP contribution in [0.25, 0.3) is 0 Å². The van der Waals surface area contributed by atoms with Crippen LogP contribution in [-0.2, 0) is 4.79 Å². The number of carbonyl (C=O) groups is 1. The second kappa shape index (κ2) is 7.05. The number of nitrogens with zero attached hydrogens (tertiary/aromatic N) is 1. The molecule has 0 radical (unpaired) electrons. The van der Waals surface area contributed by atoms with Crippen LogP contribution >= 0.6 is 0 Å². The third kappa shape index (κ3) is 4.29. The van der Waals surface area contributed by atoms with E-state index in [1.807, 2.05) is 26.1 Å². The Labute approximate surface area is 127 Å². The maximum atomic E-state index is 12.2. The minimum Gasteiger partial charge on any atom is -0.348 e. The van der Waals surface area contributed by atoms with Crippen molar-refractivity contribution in [1.82, 2.24) is 10.2 Å². The van der Waals surface area contributed by atoms with Gasteiger partial charge in [0, 0.05) is 12.6 Å². The van der Waals surface area contributed by atoms with E-state index in [0.29, 0.717) is 25.0 Å². The molecule has 1 aliphatic rings. The summed E-state index contributed by atoms with van der Waals surface area (Å²) in [6.45, 7) is 5.14. The van der Waals surface area contributed by atoms with Crippen LogP contribution in [0.5, 0.6) is 0 Å². The summed E-state index contributed by atoms with van der Waals surface area (Å²) in [4.78, 5) is 14.3. The highest BCUT2D eigenvalue weighted by atomic mass is 16.2. The number of aryl methyl sites for hydroxylation is 1. The van der Waals surface area contributed by atoms with Crippen LogP contribution in [0.2, 0.25) is 0 Å². The Morgan fingerprint density at radius 1 is 1.43 bits per heavy atom. The quantitative estimate of drug-likeness (QED) is 0.805. The zero-order chi connectivity index (χ0) is 15.4. The Balaban J connectivity index is 1.87. The first-order chi connectivity index (χ1) is 10.0. The summed E-state index contributed by atoms with van der Waals surface area (Å²) in [7, 11) is 1.99. The van der Waals surface area contributed by atoms with Crippen molar-refractivity contribution in [1.29, 1.82) is 0 Å². The van der Waals surface area contributed by atoms with Crippen molar-refractivity contribution >= 4 is 5.91 Å². The fraction of sp³-hybridized carbons (Fsp3) is 0.588. The Kier molecular flexibility index (Phi) is 5.37. The van der Waals surface area contributed by atoms with Gasteiger partial charge in [-0.25, -0.2) is 0 Å². The summed E-state index contributed by atoms with van der Waals surface area (Å²) in [6, 6.07) is 8.53. The van der Waals surface area contributed by atoms with Gasteiger partial charge in [0.2, 0.25) is 5.91 Å². The molecule has 1 fully saturated rings. The van der Waals surface area contributed by atoms with Crippen molar-refractivity contribution in [2.75, 3.05) is 20.1 Å². The molecule has 116 valence electrons. The molecule has 0 spiro atoms. The molecule has 4 nitrogen and oxygen atoms in total. The maximum absolute atomic E-state index is 12.2. The molecule has 1 aromatic rings. The third-order valence-corrected chi connectivity index (χ3v) is 4.40. The maximum Gasteiger partial charge on any atom is 0.234 e. The lowest BCUT2D eigenvalue weighted by atomic mass is 10.0. The first-order valence-corrected chi connectivity index (χ1v) is 7.78. The van der Waals surface area contributed by atoms with Crippen LogP contribution < -0.4 is 11.1 Å². The van der Waals surface area contributed by atoms with Gasteiger partial charge in [0.05, 0.1) is 12.6 Å². The van der Waals surface area contributed by atoms with Crippen LogP contribution in [0.4, 0.5) is 0 Å². The van der Waals surface area contributed by atoms with Gasteiger partial charge < -0.3 is 11.1 Å². The van der Waals surface area contributed by atoms with Gasteiger partial charge in [0.1, 0.15) is 0 Å². The second-order valence-corrected chi connectivity index (χ2v) is 6.20. The highest BCUT2D eigenvalue weighted by molar-refractivity contribution is 5.78. The molecule has 1 aromatic carbocycles. The Hall–Kier alpha value is -1.39. The molecule has 0 heterocycles. The van der Waals surface area contributed by atoms with E-state index >= 15 is 0 Å². The fourth-order valence-electron chi connectivity index (χ4n) is 2.99. The fourth-order valence-corrected chi connectivity index (χ4v) is 2.99. The summed E-state index contributed by atoms with van der Waals surface area (Å²) in [5.74, 6) is 0.744. The van der Waals surface area contributed by atoms with Crippen LogP contribution in [0, 0.1) is 12.8 Å². The number of hydrogen-bond donors (Lipinski definition) is 2. The molecule has 2 rings (SSSR count). The third-order valence-electron chi connectivity index (χ3n) is 4.40. The number of likely N-dealkylation sites (N-methyl/N-ethyl adjacent to an activating group) is 1. The van der Waals surface area contributed by atoms with Crippen molar-refractivity contribution in [3.8, 4) is 0 Å². The molecule has 0 bridgehead atoms. The molecule has 4 heteroatoms. The average molecular weight is 289 g/mol. The number of carbonyl (C=O) groups excluding carboxylic acids is 1. The number of amides is 1. The molecule has 2 unspecified atom stereocenters. The molecule has 1 saturated carbocycles. The number of benzene rings is 1. The molecule has 21 heavy (non-hydrogen) atoms. The molecule has 0 aliphatic heterocycles. The lowest BCUT2D eigenvalue weighted by molar-refractivity contribution is -0.123. The summed E-state index contributed by atoms with van der Waals surface area (Å²) in [6.07, 6.45) is 2.49. The van der Waals surface area contributed by atoms with E-state index in [0.717, 1.165) is 0 Å². The van der Waals surface area contributed by atoms with Crippen molar-refractivity contribution in [3.63, 3.8) is 0 Å². The molecule has 1 amide bonds. The van der Waals surface area contributed by atoms with Crippen LogP contribution in [0.3, 0.4) is 0 Å². The topological polar surface area (TPSA) is 58.4 Å². The van der Waals surface area contributed by atoms with E-state index in [1.165, 1.54) is 24.0 Å². The molecule has 2 atom stereocenters. The highest BCUT2D eigenvalue weighted by Crippen LogP contribution is 2.34. The van der Waals surface area contributed by atoms with E-state index in [1.54, 1.807) is 0 Å². The van der Waals surface area contributed by atoms with Gasteiger partial charge in [-0.3, -0.25) is 9.69 Å². The predicted octanol–water partition coefficient (Wildman–Crippen LogP) is 1.84. The first-order valence-electron chi connectivity index (χ1n) is 7.78. The molecule has 0 saturated heterocycles. The Morgan fingerprint density at radius 3 is 2.67 bits per heavy atom. The number of nitrogens with one attached hydrogen (secondary N) is 1. The highest BCUT2D eigenvalue weighted by Gasteiger charge is 2.33. The van der Waals surface area contributed by atoms with Crippen molar-refractivity contribution < 1.29 is 4.79 Å². The van der Waals surface area contributed by atoms with Gasteiger partial charge in [-0.1, -0.05) is 24.3 Å². The van der Waals surface area contributed by atoms with Crippen LogP contribution in [0.1, 0.15) is 36.9 Å². The molecule has 1 aliphatic carbocycles. The number of hydrogen-bond acceptors (Lipinski definition) is 3. The minimum atomic E-state index is 0.0318. The van der Waals surface area contributed by atoms with Gasteiger partial charge in [0.15, 0.2) is 0 Å². The van der Waals surface area contributed by atoms with Gasteiger partial charge in [0.25, 0.3) is 0 Å². The first kappa shape index (κ1) is 16.0. The zero-order valence-corrected chi connectivity index (χ0v) is 13.3. The predicted molar refractivity (Wildman–Crippen MR) is 85.9 cm³/mol. The average Bonchev–Trinajstić information content (AvgIpc) is 3.24. The summed E-state index contributed by atoms with van der Waals surface area (Å²) in [5, 5.41) is 3.08. The van der Waals surface area contributed by atoms with Gasteiger partial charge in [-0.2, -0.15) is 0 Å². The van der Waals surface area contributed by atoms with Gasteiger partial charge >= 0.3 is 0 Å². The van der Waals surface area contributed by atoms with E-state index in [4.69, 9.17) is 5.73 Å². The van der Waals surface area contributed by atoms with Crippen LogP contribution in [-0.4, -0.2) is 37.0 Å². The van der Waals surface area contributed by atoms with Crippen LogP contribution in [0.15, 0.2) is 24.3 Å². The molecular weight excluding hydrogens is 262 g/mol. The number of rotatable bonds is 7. The van der Waals surface area contributed by atoms with E-state index < -0.39 is 0 Å². The minimum absolute atomic E-state index is 0.0318. The summed E-state index contributed by atoms with van der Waals surface area (Å²) >= 11 is 0. The lowest BCUT2D eigenvalue weighted by Crippen LogP contribution is -2.45. The standard InChI is InChI=1S/C17H27N3O/c1-12-6-4-5-7-15(12)13(2)19-17(21)11-20(3)16(10-18)14-8-9-14/h4-7,13-14,16H,8-11,18H2,1-3H3,(H,19,21).